The van der Waals surface area contributed by atoms with Gasteiger partial charge < -0.3 is 10.0 Å². The first-order valence-corrected chi connectivity index (χ1v) is 16.2. The lowest BCUT2D eigenvalue weighted by molar-refractivity contribution is -0.145. The van der Waals surface area contributed by atoms with E-state index >= 15 is 0 Å². The van der Waals surface area contributed by atoms with Crippen LogP contribution in [-0.4, -0.2) is 62.5 Å². The summed E-state index contributed by atoms with van der Waals surface area (Å²) in [5.41, 5.74) is 2.46. The first kappa shape index (κ1) is 31.2. The van der Waals surface area contributed by atoms with Crippen molar-refractivity contribution in [2.75, 3.05) is 18.0 Å². The second-order valence-electron chi connectivity index (χ2n) is 11.6. The predicted molar refractivity (Wildman–Crippen MR) is 160 cm³/mol. The largest absolute Gasteiger partial charge is 0.481 e. The molecule has 3 aromatic heterocycles. The van der Waals surface area contributed by atoms with Gasteiger partial charge in [-0.1, -0.05) is 23.7 Å². The highest BCUT2D eigenvalue weighted by Gasteiger charge is 2.40. The van der Waals surface area contributed by atoms with Gasteiger partial charge in [-0.15, -0.1) is 10.2 Å². The Morgan fingerprint density at radius 3 is 2.67 bits per heavy atom. The number of fused-ring (bicyclic) bond motifs is 4. The molecule has 1 aromatic carbocycles. The third kappa shape index (κ3) is 5.74. The van der Waals surface area contributed by atoms with Crippen LogP contribution in [0.2, 0.25) is 5.02 Å². The zero-order valence-electron chi connectivity index (χ0n) is 24.4. The molecule has 2 aliphatic heterocycles. The number of rotatable bonds is 6. The van der Waals surface area contributed by atoms with Gasteiger partial charge in [0.25, 0.3) is 0 Å². The van der Waals surface area contributed by atoms with E-state index in [1.807, 2.05) is 0 Å². The lowest BCUT2D eigenvalue weighted by atomic mass is 9.86. The monoisotopic (exact) mass is 662 g/mol. The molecule has 6 rings (SSSR count). The van der Waals surface area contributed by atoms with E-state index in [4.69, 9.17) is 11.6 Å². The molecule has 0 amide bonds. The third-order valence-electron chi connectivity index (χ3n) is 8.59. The standard InChI is InChI=1S/C30H30ClF3N6O4S/c1-17-11-25-28(35-14-17)39-9-4-3-5-21(39)16-38(45(25,43)44)15-20-12-19(6-7-24(20)31)23(13-26(41)42)22-8-10-40-27(18(22)2)36-37-29(40)30(32,33)34/h6-8,10-12,14,21,23H,3-5,9,13,15-16H2,1-2H3,(H,41,42)/t21-,23?/m0/s1. The number of carbonyl (C=O) groups is 1. The number of alkyl halides is 3. The molecule has 15 heteroatoms. The van der Waals surface area contributed by atoms with E-state index in [1.54, 1.807) is 44.3 Å². The lowest BCUT2D eigenvalue weighted by Gasteiger charge is -2.36. The molecule has 1 fully saturated rings. The van der Waals surface area contributed by atoms with Crippen LogP contribution in [0, 0.1) is 13.8 Å². The van der Waals surface area contributed by atoms with E-state index in [0.29, 0.717) is 45.2 Å². The number of sulfonamides is 1. The number of carboxylic acid groups (broad SMARTS) is 1. The normalized spacial score (nSPS) is 19.2. The van der Waals surface area contributed by atoms with Crippen molar-refractivity contribution < 1.29 is 31.5 Å². The highest BCUT2D eigenvalue weighted by Crippen LogP contribution is 2.39. The second kappa shape index (κ2) is 11.6. The number of nitrogens with zero attached hydrogens (tertiary/aromatic N) is 6. The van der Waals surface area contributed by atoms with E-state index in [9.17, 15) is 31.5 Å². The highest BCUT2D eigenvalue weighted by molar-refractivity contribution is 7.89. The van der Waals surface area contributed by atoms with Gasteiger partial charge in [0.05, 0.1) is 6.42 Å². The predicted octanol–water partition coefficient (Wildman–Crippen LogP) is 5.58. The average molecular weight is 663 g/mol. The van der Waals surface area contributed by atoms with Gasteiger partial charge in [0.15, 0.2) is 5.65 Å². The number of aryl methyl sites for hydroxylation is 2. The van der Waals surface area contributed by atoms with Gasteiger partial charge in [0, 0.05) is 49.0 Å². The van der Waals surface area contributed by atoms with Crippen molar-refractivity contribution in [1.29, 1.82) is 0 Å². The molecule has 4 aromatic rings. The fourth-order valence-corrected chi connectivity index (χ4v) is 8.27. The summed E-state index contributed by atoms with van der Waals surface area (Å²) >= 11 is 6.63. The van der Waals surface area contributed by atoms with Crippen LogP contribution in [0.5, 0.6) is 0 Å². The van der Waals surface area contributed by atoms with Gasteiger partial charge in [0.2, 0.25) is 15.8 Å². The molecule has 1 N–H and O–H groups in total. The summed E-state index contributed by atoms with van der Waals surface area (Å²) in [5.74, 6) is -2.66. The summed E-state index contributed by atoms with van der Waals surface area (Å²) in [6, 6.07) is 7.91. The fraction of sp³-hybridized carbons (Fsp3) is 0.400. The number of pyridine rings is 2. The van der Waals surface area contributed by atoms with Crippen LogP contribution in [0.25, 0.3) is 5.65 Å². The molecule has 2 atom stereocenters. The Bertz CT molecular complexity index is 1920. The molecule has 1 saturated heterocycles. The average Bonchev–Trinajstić information content (AvgIpc) is 3.40. The summed E-state index contributed by atoms with van der Waals surface area (Å²) in [4.78, 5) is 18.8. The van der Waals surface area contributed by atoms with Gasteiger partial charge in [-0.05, 0) is 79.1 Å². The number of anilines is 1. The van der Waals surface area contributed by atoms with Gasteiger partial charge in [0.1, 0.15) is 10.7 Å². The molecular weight excluding hydrogens is 633 g/mol. The van der Waals surface area contributed by atoms with Crippen LogP contribution in [0.4, 0.5) is 19.0 Å². The van der Waals surface area contributed by atoms with Gasteiger partial charge in [-0.2, -0.15) is 17.5 Å². The van der Waals surface area contributed by atoms with Crippen LogP contribution in [0.1, 0.15) is 65.2 Å². The Morgan fingerprint density at radius 1 is 1.16 bits per heavy atom. The maximum Gasteiger partial charge on any atom is 0.452 e. The van der Waals surface area contributed by atoms with Crippen LogP contribution >= 0.6 is 11.6 Å². The zero-order chi connectivity index (χ0) is 32.3. The van der Waals surface area contributed by atoms with Crippen molar-refractivity contribution in [3.8, 4) is 0 Å². The Balaban J connectivity index is 1.41. The summed E-state index contributed by atoms with van der Waals surface area (Å²) in [5, 5.41) is 17.2. The van der Waals surface area contributed by atoms with Crippen molar-refractivity contribution in [2.45, 2.75) is 69.1 Å². The minimum Gasteiger partial charge on any atom is -0.481 e. The van der Waals surface area contributed by atoms with Crippen molar-refractivity contribution in [3.05, 3.63) is 81.4 Å². The Hall–Kier alpha value is -3.75. The zero-order valence-corrected chi connectivity index (χ0v) is 26.0. The number of aliphatic carboxylic acids is 1. The molecule has 0 spiro atoms. The van der Waals surface area contributed by atoms with Crippen LogP contribution in [0.15, 0.2) is 47.6 Å². The number of hydrogen-bond acceptors (Lipinski definition) is 7. The number of carboxylic acids is 1. The fourth-order valence-electron chi connectivity index (χ4n) is 6.40. The number of aromatic nitrogens is 4. The molecule has 0 saturated carbocycles. The molecule has 238 valence electrons. The van der Waals surface area contributed by atoms with Crippen molar-refractivity contribution in [2.24, 2.45) is 0 Å². The number of hydrogen-bond donors (Lipinski definition) is 1. The van der Waals surface area contributed by atoms with E-state index in [-0.39, 0.29) is 36.1 Å². The molecule has 5 heterocycles. The topological polar surface area (TPSA) is 121 Å². The summed E-state index contributed by atoms with van der Waals surface area (Å²) in [6.07, 6.45) is 0.439. The Kier molecular flexibility index (Phi) is 8.02. The molecule has 2 aliphatic rings. The minimum absolute atomic E-state index is 0.0420. The molecule has 0 bridgehead atoms. The molecule has 0 aliphatic carbocycles. The van der Waals surface area contributed by atoms with Crippen molar-refractivity contribution in [1.82, 2.24) is 23.9 Å². The van der Waals surface area contributed by atoms with Crippen LogP contribution in [-0.2, 0) is 27.5 Å². The third-order valence-corrected chi connectivity index (χ3v) is 10.8. The van der Waals surface area contributed by atoms with E-state index in [2.05, 4.69) is 20.1 Å². The van der Waals surface area contributed by atoms with E-state index in [0.717, 1.165) is 23.7 Å². The summed E-state index contributed by atoms with van der Waals surface area (Å²) in [7, 11) is -3.99. The van der Waals surface area contributed by atoms with Gasteiger partial charge in [-0.3, -0.25) is 9.20 Å². The first-order valence-electron chi connectivity index (χ1n) is 14.4. The van der Waals surface area contributed by atoms with E-state index in [1.165, 1.54) is 16.6 Å². The number of benzene rings is 1. The molecule has 45 heavy (non-hydrogen) atoms. The summed E-state index contributed by atoms with van der Waals surface area (Å²) in [6.45, 7) is 4.21. The SMILES string of the molecule is Cc1cnc2c(c1)S(=O)(=O)N(Cc1cc(C(CC(=O)O)c3ccn4c(C(F)(F)F)nnc4c3C)ccc1Cl)C[C@@H]1CCCCN21. The Morgan fingerprint density at radius 2 is 1.93 bits per heavy atom. The highest BCUT2D eigenvalue weighted by atomic mass is 35.5. The van der Waals surface area contributed by atoms with E-state index < -0.39 is 33.9 Å². The smallest absolute Gasteiger partial charge is 0.452 e. The molecule has 1 unspecified atom stereocenters. The van der Waals surface area contributed by atoms with Crippen molar-refractivity contribution >= 4 is 39.1 Å². The molecule has 0 radical (unpaired) electrons. The maximum absolute atomic E-state index is 14.1. The van der Waals surface area contributed by atoms with Crippen LogP contribution in [0.3, 0.4) is 0 Å². The Labute approximate surface area is 262 Å². The number of piperidine rings is 1. The second-order valence-corrected chi connectivity index (χ2v) is 13.9. The van der Waals surface area contributed by atoms with Gasteiger partial charge in [-0.25, -0.2) is 13.4 Å². The summed E-state index contributed by atoms with van der Waals surface area (Å²) < 4.78 is 70.8. The molecular formula is C30H30ClF3N6O4S. The lowest BCUT2D eigenvalue weighted by Crippen LogP contribution is -2.45. The first-order chi connectivity index (χ1) is 21.3. The van der Waals surface area contributed by atoms with Crippen LogP contribution < -0.4 is 4.90 Å². The van der Waals surface area contributed by atoms with Crippen molar-refractivity contribution in [3.63, 3.8) is 0 Å². The number of halogens is 4. The molecule has 10 nitrogen and oxygen atoms in total. The minimum atomic E-state index is -4.73. The van der Waals surface area contributed by atoms with Gasteiger partial charge >= 0.3 is 12.1 Å². The maximum atomic E-state index is 14.1. The quantitative estimate of drug-likeness (QED) is 0.284.